The number of nitrogens with zero attached hydrogens (tertiary/aromatic N) is 3. The van der Waals surface area contributed by atoms with Gasteiger partial charge in [-0.15, -0.1) is 0 Å². The van der Waals surface area contributed by atoms with Gasteiger partial charge in [-0.25, -0.2) is 0 Å². The minimum absolute atomic E-state index is 0.688. The lowest BCUT2D eigenvalue weighted by Crippen LogP contribution is -2.05. The smallest absolute Gasteiger partial charge is 0.0489 e. The summed E-state index contributed by atoms with van der Waals surface area (Å²) in [7, 11) is 0. The Morgan fingerprint density at radius 3 is 2.52 bits per heavy atom. The Labute approximate surface area is 128 Å². The van der Waals surface area contributed by atoms with E-state index in [9.17, 15) is 0 Å². The van der Waals surface area contributed by atoms with Gasteiger partial charge < -0.3 is 0 Å². The van der Waals surface area contributed by atoms with E-state index in [2.05, 4.69) is 36.9 Å². The predicted octanol–water partition coefficient (Wildman–Crippen LogP) is 4.14. The van der Waals surface area contributed by atoms with Crippen LogP contribution in [0, 0.1) is 11.8 Å². The van der Waals surface area contributed by atoms with Crippen LogP contribution in [0.25, 0.3) is 0 Å². The van der Waals surface area contributed by atoms with Gasteiger partial charge in [0, 0.05) is 31.3 Å². The zero-order valence-electron chi connectivity index (χ0n) is 13.5. The summed E-state index contributed by atoms with van der Waals surface area (Å²) >= 11 is 0. The number of rotatable bonds is 8. The normalized spacial score (nSPS) is 12.8. The van der Waals surface area contributed by atoms with Crippen LogP contribution in [0.15, 0.2) is 36.9 Å². The lowest BCUT2D eigenvalue weighted by atomic mass is 9.95. The van der Waals surface area contributed by atoms with Crippen LogP contribution < -0.4 is 0 Å². The largest absolute Gasteiger partial charge is 0.273 e. The third-order valence-corrected chi connectivity index (χ3v) is 3.72. The highest BCUT2D eigenvalue weighted by molar-refractivity contribution is 5.19. The van der Waals surface area contributed by atoms with Crippen LogP contribution in [0.1, 0.15) is 44.7 Å². The number of aryl methyl sites for hydroxylation is 1. The molecule has 0 aliphatic heterocycles. The Hall–Kier alpha value is -1.64. The van der Waals surface area contributed by atoms with Gasteiger partial charge in [0.1, 0.15) is 0 Å². The zero-order valence-corrected chi connectivity index (χ0v) is 13.5. The molecule has 1 atom stereocenters. The third-order valence-electron chi connectivity index (χ3n) is 3.72. The highest BCUT2D eigenvalue weighted by Gasteiger charge is 2.06. The second kappa shape index (κ2) is 7.96. The molecule has 3 heteroatoms. The first-order valence-electron chi connectivity index (χ1n) is 8.03. The summed E-state index contributed by atoms with van der Waals surface area (Å²) in [6, 6.07) is 4.31. The van der Waals surface area contributed by atoms with Crippen molar-refractivity contribution in [2.24, 2.45) is 11.8 Å². The molecule has 114 valence electrons. The SMILES string of the molecule is CC(C)Cc1cncc(CC(C)CCCn2cccn2)c1. The van der Waals surface area contributed by atoms with E-state index in [4.69, 9.17) is 0 Å². The van der Waals surface area contributed by atoms with Crippen molar-refractivity contribution in [2.45, 2.75) is 53.0 Å². The molecule has 0 aliphatic carbocycles. The molecule has 0 fully saturated rings. The van der Waals surface area contributed by atoms with Gasteiger partial charge in [0.15, 0.2) is 0 Å². The summed E-state index contributed by atoms with van der Waals surface area (Å²) in [5.74, 6) is 1.38. The molecule has 2 rings (SSSR count). The van der Waals surface area contributed by atoms with Crippen molar-refractivity contribution in [1.29, 1.82) is 0 Å². The topological polar surface area (TPSA) is 30.7 Å². The molecular weight excluding hydrogens is 258 g/mol. The molecule has 2 aromatic rings. The van der Waals surface area contributed by atoms with Gasteiger partial charge in [0.2, 0.25) is 0 Å². The van der Waals surface area contributed by atoms with E-state index in [0.717, 1.165) is 19.4 Å². The first kappa shape index (κ1) is 15.7. The fourth-order valence-corrected chi connectivity index (χ4v) is 2.77. The van der Waals surface area contributed by atoms with Crippen molar-refractivity contribution >= 4 is 0 Å². The number of hydrogen-bond acceptors (Lipinski definition) is 2. The first-order valence-corrected chi connectivity index (χ1v) is 8.03. The molecule has 2 aromatic heterocycles. The fourth-order valence-electron chi connectivity index (χ4n) is 2.77. The van der Waals surface area contributed by atoms with Crippen LogP contribution in [0.5, 0.6) is 0 Å². The Bertz CT molecular complexity index is 517. The predicted molar refractivity (Wildman–Crippen MR) is 87.1 cm³/mol. The summed E-state index contributed by atoms with van der Waals surface area (Å²) in [5.41, 5.74) is 2.74. The Morgan fingerprint density at radius 1 is 1.10 bits per heavy atom. The first-order chi connectivity index (χ1) is 10.1. The van der Waals surface area contributed by atoms with Crippen LogP contribution in [-0.4, -0.2) is 14.8 Å². The fraction of sp³-hybridized carbons (Fsp3) is 0.556. The average Bonchev–Trinajstić information content (AvgIpc) is 2.91. The summed E-state index contributed by atoms with van der Waals surface area (Å²) in [4.78, 5) is 4.40. The minimum atomic E-state index is 0.688. The second-order valence-electron chi connectivity index (χ2n) is 6.52. The lowest BCUT2D eigenvalue weighted by Gasteiger charge is -2.12. The number of pyridine rings is 1. The molecule has 0 aliphatic rings. The van der Waals surface area contributed by atoms with E-state index in [1.54, 1.807) is 0 Å². The van der Waals surface area contributed by atoms with Crippen molar-refractivity contribution in [1.82, 2.24) is 14.8 Å². The van der Waals surface area contributed by atoms with Crippen LogP contribution in [0.2, 0.25) is 0 Å². The zero-order chi connectivity index (χ0) is 15.1. The van der Waals surface area contributed by atoms with Gasteiger partial charge in [-0.1, -0.05) is 26.8 Å². The molecule has 0 bridgehead atoms. The van der Waals surface area contributed by atoms with E-state index in [-0.39, 0.29) is 0 Å². The summed E-state index contributed by atoms with van der Waals surface area (Å²) in [6.07, 6.45) is 12.6. The highest BCUT2D eigenvalue weighted by atomic mass is 15.3. The van der Waals surface area contributed by atoms with Crippen molar-refractivity contribution < 1.29 is 0 Å². The van der Waals surface area contributed by atoms with Crippen LogP contribution in [-0.2, 0) is 19.4 Å². The minimum Gasteiger partial charge on any atom is -0.273 e. The molecule has 0 saturated carbocycles. The molecule has 0 saturated heterocycles. The van der Waals surface area contributed by atoms with E-state index in [0.29, 0.717) is 11.8 Å². The van der Waals surface area contributed by atoms with Gasteiger partial charge in [-0.3, -0.25) is 9.67 Å². The maximum atomic E-state index is 4.40. The lowest BCUT2D eigenvalue weighted by molar-refractivity contribution is 0.462. The average molecular weight is 285 g/mol. The van der Waals surface area contributed by atoms with Crippen molar-refractivity contribution in [3.05, 3.63) is 48.0 Å². The van der Waals surface area contributed by atoms with E-state index in [1.165, 1.54) is 24.0 Å². The van der Waals surface area contributed by atoms with Crippen molar-refractivity contribution in [3.63, 3.8) is 0 Å². The monoisotopic (exact) mass is 285 g/mol. The summed E-state index contributed by atoms with van der Waals surface area (Å²) in [6.45, 7) is 7.86. The van der Waals surface area contributed by atoms with Crippen LogP contribution in [0.3, 0.4) is 0 Å². The van der Waals surface area contributed by atoms with Gasteiger partial charge >= 0.3 is 0 Å². The van der Waals surface area contributed by atoms with E-state index < -0.39 is 0 Å². The van der Waals surface area contributed by atoms with E-state index in [1.807, 2.05) is 35.5 Å². The molecule has 1 unspecified atom stereocenters. The molecular formula is C18H27N3. The van der Waals surface area contributed by atoms with Gasteiger partial charge in [0.25, 0.3) is 0 Å². The summed E-state index contributed by atoms with van der Waals surface area (Å²) < 4.78 is 2.01. The Kier molecular flexibility index (Phi) is 5.97. The molecule has 0 radical (unpaired) electrons. The highest BCUT2D eigenvalue weighted by Crippen LogP contribution is 2.16. The number of hydrogen-bond donors (Lipinski definition) is 0. The maximum Gasteiger partial charge on any atom is 0.0489 e. The van der Waals surface area contributed by atoms with Crippen LogP contribution in [0.4, 0.5) is 0 Å². The standard InChI is InChI=1S/C18H27N3/c1-15(2)10-17-12-18(14-19-13-17)11-16(3)6-4-8-21-9-5-7-20-21/h5,7,9,12-16H,4,6,8,10-11H2,1-3H3. The molecule has 0 N–H and O–H groups in total. The Morgan fingerprint density at radius 2 is 1.86 bits per heavy atom. The second-order valence-corrected chi connectivity index (χ2v) is 6.52. The third kappa shape index (κ3) is 5.70. The molecule has 21 heavy (non-hydrogen) atoms. The molecule has 2 heterocycles. The van der Waals surface area contributed by atoms with Crippen molar-refractivity contribution in [2.75, 3.05) is 0 Å². The molecule has 0 aromatic carbocycles. The maximum absolute atomic E-state index is 4.40. The molecule has 3 nitrogen and oxygen atoms in total. The quantitative estimate of drug-likeness (QED) is 0.730. The van der Waals surface area contributed by atoms with Crippen molar-refractivity contribution in [3.8, 4) is 0 Å². The summed E-state index contributed by atoms with van der Waals surface area (Å²) in [5, 5.41) is 4.24. The number of aromatic nitrogens is 3. The van der Waals surface area contributed by atoms with E-state index >= 15 is 0 Å². The van der Waals surface area contributed by atoms with Crippen LogP contribution >= 0.6 is 0 Å². The van der Waals surface area contributed by atoms with Gasteiger partial charge in [-0.2, -0.15) is 5.10 Å². The Balaban J connectivity index is 1.77. The molecule has 0 spiro atoms. The molecule has 0 amide bonds. The van der Waals surface area contributed by atoms with Gasteiger partial charge in [0.05, 0.1) is 0 Å². The van der Waals surface area contributed by atoms with Gasteiger partial charge in [-0.05, 0) is 54.7 Å².